The topological polar surface area (TPSA) is 57.5 Å². The first-order valence-electron chi connectivity index (χ1n) is 8.21. The summed E-state index contributed by atoms with van der Waals surface area (Å²) in [7, 11) is 0. The van der Waals surface area contributed by atoms with Crippen LogP contribution >= 0.6 is 0 Å². The van der Waals surface area contributed by atoms with E-state index in [0.29, 0.717) is 12.3 Å². The van der Waals surface area contributed by atoms with Crippen LogP contribution in [0.25, 0.3) is 5.69 Å². The highest BCUT2D eigenvalue weighted by Crippen LogP contribution is 2.18. The smallest absolute Gasteiger partial charge is 0.344 e. The summed E-state index contributed by atoms with van der Waals surface area (Å²) in [5.41, 5.74) is 0.984. The summed E-state index contributed by atoms with van der Waals surface area (Å²) < 4.78 is 12.5. The van der Waals surface area contributed by atoms with Crippen LogP contribution in [0.2, 0.25) is 0 Å². The fraction of sp³-hybridized carbons (Fsp3) is 0.368. The average Bonchev–Trinajstić information content (AvgIpc) is 2.58. The summed E-state index contributed by atoms with van der Waals surface area (Å²) in [6.07, 6.45) is 3.45. The van der Waals surface area contributed by atoms with Crippen LogP contribution in [0.1, 0.15) is 42.7 Å². The standard InChI is InChI=1S/C19H23NO4/c1-4-6-12-24-16-13-20(15-10-8-7-9-11-15)14(3)17(18(16)21)19(22)23-5-2/h7-11,13H,4-6,12H2,1-3H3. The molecule has 0 N–H and O–H groups in total. The van der Waals surface area contributed by atoms with Crippen molar-refractivity contribution in [2.24, 2.45) is 0 Å². The molecule has 24 heavy (non-hydrogen) atoms. The molecular formula is C19H23NO4. The van der Waals surface area contributed by atoms with E-state index in [2.05, 4.69) is 0 Å². The second-order valence-electron chi connectivity index (χ2n) is 5.41. The quantitative estimate of drug-likeness (QED) is 0.576. The Kier molecular flexibility index (Phi) is 6.18. The molecule has 0 saturated heterocycles. The van der Waals surface area contributed by atoms with Crippen molar-refractivity contribution in [3.05, 3.63) is 58.0 Å². The van der Waals surface area contributed by atoms with Crippen LogP contribution in [0, 0.1) is 6.92 Å². The minimum atomic E-state index is -0.620. The highest BCUT2D eigenvalue weighted by atomic mass is 16.5. The van der Waals surface area contributed by atoms with E-state index in [9.17, 15) is 9.59 Å². The van der Waals surface area contributed by atoms with E-state index in [4.69, 9.17) is 9.47 Å². The van der Waals surface area contributed by atoms with Gasteiger partial charge in [0.15, 0.2) is 5.75 Å². The molecule has 0 saturated carbocycles. The van der Waals surface area contributed by atoms with Crippen molar-refractivity contribution in [2.45, 2.75) is 33.6 Å². The van der Waals surface area contributed by atoms with E-state index in [1.807, 2.05) is 37.3 Å². The minimum Gasteiger partial charge on any atom is -0.488 e. The van der Waals surface area contributed by atoms with Gasteiger partial charge in [-0.3, -0.25) is 4.79 Å². The van der Waals surface area contributed by atoms with Gasteiger partial charge in [-0.05, 0) is 32.4 Å². The molecule has 0 unspecified atom stereocenters. The van der Waals surface area contributed by atoms with Crippen LogP contribution in [0.5, 0.6) is 5.75 Å². The van der Waals surface area contributed by atoms with Crippen molar-refractivity contribution in [3.63, 3.8) is 0 Å². The first kappa shape index (κ1) is 17.8. The molecule has 1 aromatic heterocycles. The molecule has 1 heterocycles. The average molecular weight is 329 g/mol. The first-order valence-corrected chi connectivity index (χ1v) is 8.21. The molecule has 2 rings (SSSR count). The summed E-state index contributed by atoms with van der Waals surface area (Å²) in [4.78, 5) is 24.9. The minimum absolute atomic E-state index is 0.0229. The number of carbonyl (C=O) groups is 1. The molecule has 2 aromatic rings. The van der Waals surface area contributed by atoms with Crippen molar-refractivity contribution in [1.82, 2.24) is 4.57 Å². The van der Waals surface area contributed by atoms with Crippen LogP contribution in [0.4, 0.5) is 0 Å². The Morgan fingerprint density at radius 1 is 1.17 bits per heavy atom. The van der Waals surface area contributed by atoms with Crippen LogP contribution in [0.15, 0.2) is 41.3 Å². The molecule has 0 bridgehead atoms. The molecule has 5 heteroatoms. The lowest BCUT2D eigenvalue weighted by atomic mass is 10.1. The van der Waals surface area contributed by atoms with E-state index in [1.165, 1.54) is 0 Å². The molecule has 1 aromatic carbocycles. The lowest BCUT2D eigenvalue weighted by Crippen LogP contribution is -2.24. The number of para-hydroxylation sites is 1. The van der Waals surface area contributed by atoms with Gasteiger partial charge < -0.3 is 14.0 Å². The molecule has 0 fully saturated rings. The summed E-state index contributed by atoms with van der Waals surface area (Å²) >= 11 is 0. The molecule has 0 radical (unpaired) electrons. The Bertz CT molecular complexity index is 750. The predicted octanol–water partition coefficient (Wildman–Crippen LogP) is 3.50. The third kappa shape index (κ3) is 3.85. The lowest BCUT2D eigenvalue weighted by molar-refractivity contribution is 0.0522. The number of rotatable bonds is 7. The highest BCUT2D eigenvalue weighted by Gasteiger charge is 2.21. The summed E-state index contributed by atoms with van der Waals surface area (Å²) in [5, 5.41) is 0. The maximum Gasteiger partial charge on any atom is 0.344 e. The number of hydrogen-bond donors (Lipinski definition) is 0. The molecular weight excluding hydrogens is 306 g/mol. The van der Waals surface area contributed by atoms with Gasteiger partial charge in [-0.25, -0.2) is 4.79 Å². The zero-order valence-electron chi connectivity index (χ0n) is 14.4. The van der Waals surface area contributed by atoms with Crippen molar-refractivity contribution in [1.29, 1.82) is 0 Å². The zero-order valence-corrected chi connectivity index (χ0v) is 14.4. The molecule has 0 spiro atoms. The van der Waals surface area contributed by atoms with E-state index in [1.54, 1.807) is 24.6 Å². The second kappa shape index (κ2) is 8.34. The largest absolute Gasteiger partial charge is 0.488 e. The van der Waals surface area contributed by atoms with Gasteiger partial charge in [-0.1, -0.05) is 31.5 Å². The number of aromatic nitrogens is 1. The van der Waals surface area contributed by atoms with E-state index in [-0.39, 0.29) is 17.9 Å². The van der Waals surface area contributed by atoms with Gasteiger partial charge in [-0.15, -0.1) is 0 Å². The normalized spacial score (nSPS) is 10.5. The summed E-state index contributed by atoms with van der Waals surface area (Å²) in [6, 6.07) is 9.51. The number of hydrogen-bond acceptors (Lipinski definition) is 4. The van der Waals surface area contributed by atoms with Crippen molar-refractivity contribution < 1.29 is 14.3 Å². The Labute approximate surface area is 141 Å². The number of esters is 1. The van der Waals surface area contributed by atoms with Gasteiger partial charge in [0.2, 0.25) is 5.43 Å². The van der Waals surface area contributed by atoms with Crippen LogP contribution in [-0.4, -0.2) is 23.8 Å². The van der Waals surface area contributed by atoms with E-state index >= 15 is 0 Å². The second-order valence-corrected chi connectivity index (χ2v) is 5.41. The van der Waals surface area contributed by atoms with E-state index < -0.39 is 11.4 Å². The maximum absolute atomic E-state index is 12.6. The molecule has 0 atom stereocenters. The molecule has 0 aliphatic rings. The number of ether oxygens (including phenoxy) is 2. The van der Waals surface area contributed by atoms with Crippen LogP contribution in [-0.2, 0) is 4.74 Å². The lowest BCUT2D eigenvalue weighted by Gasteiger charge is -2.16. The third-order valence-corrected chi connectivity index (χ3v) is 3.69. The number of unbranched alkanes of at least 4 members (excludes halogenated alkanes) is 1. The number of benzene rings is 1. The Balaban J connectivity index is 2.58. The Hall–Kier alpha value is -2.56. The first-order chi connectivity index (χ1) is 11.6. The molecule has 0 amide bonds. The third-order valence-electron chi connectivity index (χ3n) is 3.69. The molecule has 128 valence electrons. The van der Waals surface area contributed by atoms with Gasteiger partial charge >= 0.3 is 5.97 Å². The Morgan fingerprint density at radius 2 is 1.88 bits per heavy atom. The van der Waals surface area contributed by atoms with Gasteiger partial charge in [0.1, 0.15) is 5.56 Å². The van der Waals surface area contributed by atoms with E-state index in [0.717, 1.165) is 18.5 Å². The molecule has 0 aliphatic carbocycles. The molecule has 0 aliphatic heterocycles. The highest BCUT2D eigenvalue weighted by molar-refractivity contribution is 5.91. The Morgan fingerprint density at radius 3 is 2.50 bits per heavy atom. The van der Waals surface area contributed by atoms with Crippen molar-refractivity contribution in [3.8, 4) is 11.4 Å². The van der Waals surface area contributed by atoms with Crippen LogP contribution in [0.3, 0.4) is 0 Å². The molecule has 5 nitrogen and oxygen atoms in total. The van der Waals surface area contributed by atoms with Gasteiger partial charge in [-0.2, -0.15) is 0 Å². The summed E-state index contributed by atoms with van der Waals surface area (Å²) in [6.45, 7) is 6.14. The van der Waals surface area contributed by atoms with Crippen molar-refractivity contribution >= 4 is 5.97 Å². The fourth-order valence-electron chi connectivity index (χ4n) is 2.41. The number of pyridine rings is 1. The predicted molar refractivity (Wildman–Crippen MR) is 93.1 cm³/mol. The number of carbonyl (C=O) groups excluding carboxylic acids is 1. The van der Waals surface area contributed by atoms with Gasteiger partial charge in [0.05, 0.1) is 19.4 Å². The number of nitrogens with zero attached hydrogens (tertiary/aromatic N) is 1. The maximum atomic E-state index is 12.6. The van der Waals surface area contributed by atoms with Gasteiger partial charge in [0, 0.05) is 11.4 Å². The van der Waals surface area contributed by atoms with Crippen molar-refractivity contribution in [2.75, 3.05) is 13.2 Å². The summed E-state index contributed by atoms with van der Waals surface area (Å²) in [5.74, 6) is -0.452. The van der Waals surface area contributed by atoms with Gasteiger partial charge in [0.25, 0.3) is 0 Å². The zero-order chi connectivity index (χ0) is 17.5. The SMILES string of the molecule is CCCCOc1cn(-c2ccccc2)c(C)c(C(=O)OCC)c1=O. The fourth-order valence-corrected chi connectivity index (χ4v) is 2.41. The van der Waals surface area contributed by atoms with Crippen LogP contribution < -0.4 is 10.2 Å². The monoisotopic (exact) mass is 329 g/mol.